The molecule has 0 aliphatic heterocycles. The Balaban J connectivity index is 2.38. The molecule has 4 rings (SSSR count). The molecule has 0 nitrogen and oxygen atoms in total. The lowest BCUT2D eigenvalue weighted by molar-refractivity contribution is 0.629. The largest absolute Gasteiger partial charge is 0.207 e. The average molecular weight is 402 g/mol. The number of benzene rings is 4. The fourth-order valence-electron chi connectivity index (χ4n) is 2.95. The molecule has 4 aromatic carbocycles. The van der Waals surface area contributed by atoms with Crippen molar-refractivity contribution in [1.29, 1.82) is 0 Å². The first-order valence-electron chi connectivity index (χ1n) is 6.86. The second-order valence-electron chi connectivity index (χ2n) is 5.39. The van der Waals surface area contributed by atoms with Gasteiger partial charge in [0.25, 0.3) is 0 Å². The summed E-state index contributed by atoms with van der Waals surface area (Å²) in [6.45, 7) is 0. The normalized spacial score (nSPS) is 11.8. The Labute approximate surface area is 155 Å². The Morgan fingerprint density at radius 1 is 0.500 bits per heavy atom. The maximum atomic E-state index is 13.6. The first-order chi connectivity index (χ1) is 11.4. The number of halogens is 6. The first-order valence-corrected chi connectivity index (χ1v) is 8.37. The van der Waals surface area contributed by atoms with E-state index in [9.17, 15) is 8.78 Å². The van der Waals surface area contributed by atoms with Crippen LogP contribution in [0.3, 0.4) is 0 Å². The Kier molecular flexibility index (Phi) is 3.77. The van der Waals surface area contributed by atoms with E-state index in [1.807, 2.05) is 0 Å². The van der Waals surface area contributed by atoms with Gasteiger partial charge in [-0.3, -0.25) is 0 Å². The molecule has 0 bridgehead atoms. The van der Waals surface area contributed by atoms with Crippen LogP contribution in [0.1, 0.15) is 0 Å². The van der Waals surface area contributed by atoms with Crippen LogP contribution in [0.25, 0.3) is 32.3 Å². The summed E-state index contributed by atoms with van der Waals surface area (Å²) in [6, 6.07) is 8.21. The van der Waals surface area contributed by atoms with Crippen molar-refractivity contribution in [3.8, 4) is 0 Å². The number of rotatable bonds is 0. The van der Waals surface area contributed by atoms with E-state index in [2.05, 4.69) is 0 Å². The minimum atomic E-state index is -0.440. The second-order valence-corrected chi connectivity index (χ2v) is 6.90. The van der Waals surface area contributed by atoms with Crippen molar-refractivity contribution >= 4 is 78.7 Å². The monoisotopic (exact) mass is 400 g/mol. The number of fused-ring (bicyclic) bond motifs is 3. The highest BCUT2D eigenvalue weighted by Gasteiger charge is 2.20. The number of hydrogen-bond acceptors (Lipinski definition) is 0. The van der Waals surface area contributed by atoms with Gasteiger partial charge in [0.2, 0.25) is 0 Å². The SMILES string of the molecule is Fc1ccc2c(Cl)c3c(Cl)c4cc(F)ccc4c(Cl)c3c(Cl)c2c1. The molecule has 0 saturated carbocycles. The molecule has 0 N–H and O–H groups in total. The van der Waals surface area contributed by atoms with E-state index in [1.165, 1.54) is 36.4 Å². The van der Waals surface area contributed by atoms with Crippen LogP contribution in [-0.4, -0.2) is 0 Å². The van der Waals surface area contributed by atoms with E-state index >= 15 is 0 Å². The standard InChI is InChI=1S/C18H6Cl4F2/c19-15-9-3-1-7(23)5-11(9)17(21)14-13(15)18(22)12-6-8(24)2-4-10(12)16(14)20/h1-6H. The minimum absolute atomic E-state index is 0.252. The van der Waals surface area contributed by atoms with Gasteiger partial charge >= 0.3 is 0 Å². The van der Waals surface area contributed by atoms with Gasteiger partial charge in [0.1, 0.15) is 11.6 Å². The summed E-state index contributed by atoms with van der Waals surface area (Å²) in [7, 11) is 0. The fourth-order valence-corrected chi connectivity index (χ4v) is 4.44. The van der Waals surface area contributed by atoms with E-state index in [4.69, 9.17) is 46.4 Å². The van der Waals surface area contributed by atoms with Gasteiger partial charge in [-0.05, 0) is 36.4 Å². The molecule has 4 aromatic rings. The summed E-state index contributed by atoms with van der Waals surface area (Å²) >= 11 is 26.0. The van der Waals surface area contributed by atoms with Crippen molar-refractivity contribution in [2.75, 3.05) is 0 Å². The zero-order valence-corrected chi connectivity index (χ0v) is 14.8. The molecule has 0 saturated heterocycles. The van der Waals surface area contributed by atoms with Gasteiger partial charge in [-0.2, -0.15) is 0 Å². The molecule has 0 fully saturated rings. The smallest absolute Gasteiger partial charge is 0.123 e. The van der Waals surface area contributed by atoms with E-state index in [1.54, 1.807) is 0 Å². The molecule has 24 heavy (non-hydrogen) atoms. The quantitative estimate of drug-likeness (QED) is 0.261. The van der Waals surface area contributed by atoms with Crippen molar-refractivity contribution in [2.45, 2.75) is 0 Å². The third kappa shape index (κ3) is 2.18. The van der Waals surface area contributed by atoms with Crippen molar-refractivity contribution in [3.63, 3.8) is 0 Å². The van der Waals surface area contributed by atoms with Crippen LogP contribution in [0.2, 0.25) is 20.1 Å². The van der Waals surface area contributed by atoms with Gasteiger partial charge < -0.3 is 0 Å². The molecule has 0 heterocycles. The van der Waals surface area contributed by atoms with Gasteiger partial charge in [0.15, 0.2) is 0 Å². The van der Waals surface area contributed by atoms with Gasteiger partial charge in [0, 0.05) is 32.3 Å². The Morgan fingerprint density at radius 2 is 0.833 bits per heavy atom. The second kappa shape index (κ2) is 5.60. The van der Waals surface area contributed by atoms with Gasteiger partial charge in [-0.25, -0.2) is 8.78 Å². The van der Waals surface area contributed by atoms with Gasteiger partial charge in [-0.1, -0.05) is 46.4 Å². The molecule has 0 radical (unpaired) electrons. The predicted octanol–water partition coefficient (Wildman–Crippen LogP) is 8.04. The van der Waals surface area contributed by atoms with Crippen LogP contribution in [0.4, 0.5) is 8.78 Å². The third-order valence-electron chi connectivity index (χ3n) is 4.04. The molecule has 0 amide bonds. The van der Waals surface area contributed by atoms with E-state index < -0.39 is 11.6 Å². The predicted molar refractivity (Wildman–Crippen MR) is 98.9 cm³/mol. The van der Waals surface area contributed by atoms with Crippen molar-refractivity contribution in [2.24, 2.45) is 0 Å². The lowest BCUT2D eigenvalue weighted by Crippen LogP contribution is -1.89. The first kappa shape index (κ1) is 16.2. The average Bonchev–Trinajstić information content (AvgIpc) is 2.55. The van der Waals surface area contributed by atoms with Crippen LogP contribution < -0.4 is 0 Å². The van der Waals surface area contributed by atoms with Crippen LogP contribution in [-0.2, 0) is 0 Å². The Bertz CT molecular complexity index is 1080. The molecular formula is C18H6Cl4F2. The van der Waals surface area contributed by atoms with Crippen molar-refractivity contribution < 1.29 is 8.78 Å². The molecule has 0 unspecified atom stereocenters. The van der Waals surface area contributed by atoms with Crippen molar-refractivity contribution in [3.05, 3.63) is 68.1 Å². The molecule has 0 aliphatic carbocycles. The highest BCUT2D eigenvalue weighted by molar-refractivity contribution is 6.56. The molecule has 0 spiro atoms. The van der Waals surface area contributed by atoms with Crippen molar-refractivity contribution in [1.82, 2.24) is 0 Å². The molecule has 0 aliphatic rings. The maximum Gasteiger partial charge on any atom is 0.123 e. The summed E-state index contributed by atoms with van der Waals surface area (Å²) in [5, 5.41) is 3.90. The molecular weight excluding hydrogens is 396 g/mol. The zero-order chi connectivity index (χ0) is 17.2. The molecule has 0 atom stereocenters. The Hall–Kier alpha value is -1.32. The minimum Gasteiger partial charge on any atom is -0.207 e. The lowest BCUT2D eigenvalue weighted by Gasteiger charge is -2.15. The van der Waals surface area contributed by atoms with Gasteiger partial charge in [0.05, 0.1) is 20.1 Å². The van der Waals surface area contributed by atoms with Crippen LogP contribution in [0, 0.1) is 11.6 Å². The number of hydrogen-bond donors (Lipinski definition) is 0. The topological polar surface area (TPSA) is 0 Å². The maximum absolute atomic E-state index is 13.6. The summed E-state index contributed by atoms with van der Waals surface area (Å²) < 4.78 is 27.2. The van der Waals surface area contributed by atoms with Crippen LogP contribution in [0.5, 0.6) is 0 Å². The molecule has 120 valence electrons. The summed E-state index contributed by atoms with van der Waals surface area (Å²) in [5.74, 6) is -0.880. The summed E-state index contributed by atoms with van der Waals surface area (Å²) in [5.41, 5.74) is 0. The van der Waals surface area contributed by atoms with E-state index in [0.29, 0.717) is 42.4 Å². The summed E-state index contributed by atoms with van der Waals surface area (Å²) in [6.07, 6.45) is 0. The van der Waals surface area contributed by atoms with E-state index in [-0.39, 0.29) is 10.0 Å². The zero-order valence-electron chi connectivity index (χ0n) is 11.7. The summed E-state index contributed by atoms with van der Waals surface area (Å²) in [4.78, 5) is 0. The Morgan fingerprint density at radius 3 is 1.21 bits per heavy atom. The van der Waals surface area contributed by atoms with Crippen LogP contribution in [0.15, 0.2) is 36.4 Å². The van der Waals surface area contributed by atoms with E-state index in [0.717, 1.165) is 0 Å². The van der Waals surface area contributed by atoms with Crippen LogP contribution >= 0.6 is 46.4 Å². The molecule has 0 aromatic heterocycles. The highest BCUT2D eigenvalue weighted by atomic mass is 35.5. The highest BCUT2D eigenvalue weighted by Crippen LogP contribution is 2.48. The van der Waals surface area contributed by atoms with Gasteiger partial charge in [-0.15, -0.1) is 0 Å². The molecule has 6 heteroatoms. The third-order valence-corrected chi connectivity index (χ3v) is 5.61. The lowest BCUT2D eigenvalue weighted by atomic mass is 9.98. The fraction of sp³-hybridized carbons (Fsp3) is 0.